The van der Waals surface area contributed by atoms with Crippen LogP contribution >= 0.6 is 66.4 Å². The van der Waals surface area contributed by atoms with E-state index in [1.54, 1.807) is 56.0 Å². The Bertz CT molecular complexity index is 4060. The van der Waals surface area contributed by atoms with Gasteiger partial charge in [0.05, 0.1) is 41.4 Å². The van der Waals surface area contributed by atoms with Gasteiger partial charge in [0.15, 0.2) is 5.78 Å². The van der Waals surface area contributed by atoms with E-state index < -0.39 is 29.4 Å². The molecule has 1 atom stereocenters. The summed E-state index contributed by atoms with van der Waals surface area (Å²) in [5, 5.41) is 40.5. The number of carbonyl (C=O) groups is 4. The molecule has 90 heavy (non-hydrogen) atoms. The fourth-order valence-electron chi connectivity index (χ4n) is 7.46. The molecule has 0 spiro atoms. The standard InChI is InChI=1S/C17H18ClN5O2.C16H16ClN5O2.C10H8BrNO.C9H5BrO2S.C4H7N3.C4H9NO.2CH4/c1-10-8-19-15(18)22-14(10)21-12-5-6-13-11(7-12)9-20-23(13)16(24)25-17(2,3)4;1-16(2,3)24-15(23)22-12-5-4-11(8-10(12)9-19-22)20-13-6-7-18-14(17)21-13;1-6(13)9-4-7-2-3-8(11)5-10(7)12-9;10-6-2-1-5-3-8(9(11)12)13-7(5)4-6;5-2-1-4(7)3-6;5-4-1-2-6-3-4;;/h5-9H,1-4H3,(H,19,21,22);4-9H,1-3H3,(H,18,20,21);2-5,12H,1H3;1-4H,(H,11,12);1-3,6-7H,5H2;4H,1-3,5H2;2*1H4. The van der Waals surface area contributed by atoms with Crippen molar-refractivity contribution >= 4 is 168 Å². The van der Waals surface area contributed by atoms with Crippen molar-refractivity contribution in [3.63, 3.8) is 0 Å². The van der Waals surface area contributed by atoms with E-state index in [4.69, 9.17) is 64.8 Å². The maximum Gasteiger partial charge on any atom is 0.435 e. The number of ether oxygens (including phenoxy) is 3. The number of benzene rings is 4. The maximum atomic E-state index is 12.2. The van der Waals surface area contributed by atoms with Gasteiger partial charge in [-0.15, -0.1) is 11.3 Å². The first kappa shape index (κ1) is 74.0. The van der Waals surface area contributed by atoms with Gasteiger partial charge in [-0.05, 0) is 175 Å². The van der Waals surface area contributed by atoms with Crippen molar-refractivity contribution in [2.24, 2.45) is 11.5 Å². The van der Waals surface area contributed by atoms with E-state index in [0.717, 1.165) is 83.5 Å². The van der Waals surface area contributed by atoms with Crippen LogP contribution in [0.15, 0.2) is 137 Å². The summed E-state index contributed by atoms with van der Waals surface area (Å²) in [7, 11) is 0. The third-order valence-electron chi connectivity index (χ3n) is 11.4. The van der Waals surface area contributed by atoms with Crippen LogP contribution in [0.1, 0.15) is 95.5 Å². The van der Waals surface area contributed by atoms with Crippen LogP contribution in [-0.2, 0) is 14.2 Å². The van der Waals surface area contributed by atoms with Gasteiger partial charge in [0.25, 0.3) is 0 Å². The molecule has 476 valence electrons. The first-order valence-electron chi connectivity index (χ1n) is 26.5. The van der Waals surface area contributed by atoms with Crippen molar-refractivity contribution in [2.45, 2.75) is 93.9 Å². The molecule has 1 saturated heterocycles. The number of allylic oxidation sites excluding steroid dienone is 1. The van der Waals surface area contributed by atoms with Crippen LogP contribution in [-0.4, -0.2) is 116 Å². The van der Waals surface area contributed by atoms with Crippen LogP contribution in [0.2, 0.25) is 10.6 Å². The highest BCUT2D eigenvalue weighted by molar-refractivity contribution is 9.10. The fraction of sp³-hybridized carbons (Fsp3) is 0.258. The van der Waals surface area contributed by atoms with Crippen LogP contribution in [0.5, 0.6) is 0 Å². The largest absolute Gasteiger partial charge is 0.477 e. The number of aromatic carboxylic acids is 1. The van der Waals surface area contributed by atoms with E-state index in [0.29, 0.717) is 39.3 Å². The molecule has 10 N–H and O–H groups in total. The Balaban J connectivity index is 0.000000245. The number of Topliss-reactive ketones (excluding diaryl/α,β-unsaturated/α-hetero) is 1. The first-order valence-corrected chi connectivity index (χ1v) is 29.7. The predicted octanol–water partition coefficient (Wildman–Crippen LogP) is 16.0. The summed E-state index contributed by atoms with van der Waals surface area (Å²) in [5.41, 5.74) is 14.7. The summed E-state index contributed by atoms with van der Waals surface area (Å²) in [6.45, 7) is 15.9. The minimum Gasteiger partial charge on any atom is -0.477 e. The van der Waals surface area contributed by atoms with Gasteiger partial charge in [0.2, 0.25) is 10.6 Å². The molecule has 4 aromatic carbocycles. The molecule has 10 aromatic rings. The molecule has 0 radical (unpaired) electrons. The smallest absolute Gasteiger partial charge is 0.435 e. The van der Waals surface area contributed by atoms with Crippen molar-refractivity contribution in [2.75, 3.05) is 23.8 Å². The Morgan fingerprint density at radius 1 is 0.778 bits per heavy atom. The highest BCUT2D eigenvalue weighted by Crippen LogP contribution is 2.29. The van der Waals surface area contributed by atoms with E-state index in [1.165, 1.54) is 33.0 Å². The molecule has 11 rings (SSSR count). The summed E-state index contributed by atoms with van der Waals surface area (Å²) in [6, 6.07) is 28.2. The lowest BCUT2D eigenvalue weighted by molar-refractivity contribution is 0.0511. The molecule has 0 saturated carbocycles. The first-order chi connectivity index (χ1) is 41.6. The topological polar surface area (TPSA) is 343 Å². The molecule has 23 nitrogen and oxygen atoms in total. The molecule has 1 fully saturated rings. The highest BCUT2D eigenvalue weighted by atomic mass is 79.9. The van der Waals surface area contributed by atoms with E-state index in [9.17, 15) is 19.2 Å². The number of rotatable bonds is 8. The lowest BCUT2D eigenvalue weighted by atomic mass is 10.2. The number of carboxylic acids is 1. The molecule has 0 amide bonds. The number of H-pyrrole nitrogens is 1. The summed E-state index contributed by atoms with van der Waals surface area (Å²) < 4.78 is 21.1. The molecule has 6 aromatic heterocycles. The van der Waals surface area contributed by atoms with Crippen molar-refractivity contribution in [3.8, 4) is 0 Å². The minimum atomic E-state index is -0.864. The zero-order valence-electron chi connectivity index (χ0n) is 48.9. The fourth-order valence-corrected chi connectivity index (χ4v) is 9.56. The van der Waals surface area contributed by atoms with Crippen molar-refractivity contribution in [3.05, 3.63) is 164 Å². The summed E-state index contributed by atoms with van der Waals surface area (Å²) >= 11 is 19.6. The van der Waals surface area contributed by atoms with Crippen LogP contribution in [0, 0.1) is 17.7 Å². The molecular formula is C62H71Br2Cl2N15O8S. The monoisotopic (exact) mass is 1410 g/mol. The van der Waals surface area contributed by atoms with Gasteiger partial charge in [-0.25, -0.2) is 34.3 Å². The number of nitrogens with one attached hydrogen (secondary N) is 5. The molecule has 1 aliphatic heterocycles. The lowest BCUT2D eigenvalue weighted by Crippen LogP contribution is -2.27. The molecule has 0 aliphatic carbocycles. The zero-order chi connectivity index (χ0) is 64.5. The number of carbonyl (C=O) groups excluding carboxylic acids is 3. The normalized spacial score (nSPS) is 12.3. The average molecular weight is 1420 g/mol. The molecule has 28 heteroatoms. The van der Waals surface area contributed by atoms with E-state index in [2.05, 4.69) is 77.6 Å². The molecule has 1 aliphatic rings. The number of anilines is 4. The second-order valence-electron chi connectivity index (χ2n) is 20.9. The van der Waals surface area contributed by atoms with Gasteiger partial charge < -0.3 is 51.8 Å². The molecular weight excluding hydrogens is 1350 g/mol. The minimum absolute atomic E-state index is 0. The van der Waals surface area contributed by atoms with Gasteiger partial charge in [-0.2, -0.15) is 19.6 Å². The summed E-state index contributed by atoms with van der Waals surface area (Å²) in [5.74, 6) is 0.400. The third kappa shape index (κ3) is 22.8. The summed E-state index contributed by atoms with van der Waals surface area (Å²) in [6.07, 6.45) is 9.95. The molecule has 1 unspecified atom stereocenters. The number of aromatic nitrogens is 9. The van der Waals surface area contributed by atoms with Gasteiger partial charge in [0, 0.05) is 90.4 Å². The van der Waals surface area contributed by atoms with Crippen molar-refractivity contribution in [1.82, 2.24) is 44.5 Å². The van der Waals surface area contributed by atoms with E-state index in [1.807, 2.05) is 115 Å². The number of thiophene rings is 1. The van der Waals surface area contributed by atoms with Gasteiger partial charge in [-0.3, -0.25) is 10.2 Å². The molecule has 7 heterocycles. The number of hydrogen-bond donors (Lipinski definition) is 8. The zero-order valence-corrected chi connectivity index (χ0v) is 54.4. The predicted molar refractivity (Wildman–Crippen MR) is 367 cm³/mol. The lowest BCUT2D eigenvalue weighted by Gasteiger charge is -2.19. The number of carboxylic acid groups (broad SMARTS) is 1. The Labute approximate surface area is 551 Å². The number of fused-ring (bicyclic) bond motifs is 4. The van der Waals surface area contributed by atoms with Gasteiger partial charge >= 0.3 is 18.2 Å². The van der Waals surface area contributed by atoms with Crippen LogP contribution in [0.25, 0.3) is 42.8 Å². The average Bonchev–Trinajstić information content (AvgIpc) is 1.75. The Kier molecular flexibility index (Phi) is 27.9. The number of aromatic amines is 1. The van der Waals surface area contributed by atoms with Crippen LogP contribution < -0.4 is 22.1 Å². The van der Waals surface area contributed by atoms with Crippen LogP contribution in [0.3, 0.4) is 0 Å². The quantitative estimate of drug-likeness (QED) is 0.0398. The summed E-state index contributed by atoms with van der Waals surface area (Å²) in [4.78, 5) is 65.6. The maximum absolute atomic E-state index is 12.2. The highest BCUT2D eigenvalue weighted by Gasteiger charge is 2.22. The number of nitrogens with zero attached hydrogens (tertiary/aromatic N) is 8. The second-order valence-corrected chi connectivity index (χ2v) is 24.5. The van der Waals surface area contributed by atoms with Gasteiger partial charge in [-0.1, -0.05) is 58.8 Å². The Hall–Kier alpha value is -8.50. The number of ketones is 1. The SMILES string of the molecule is C.C.CC(=O)c1cc2ccc(Br)cc2[nH]1.CC(C)(C)OC(=O)n1ncc2cc(Nc3ccnc(Cl)n3)ccc21.Cc1cnc(Cl)nc1Nc1ccc2c(cnn2C(=O)OC(C)(C)C)c1.N=CC(=N)C=CN.NC1CCOC1.O=C(O)c1cc2ccc(Br)cc2s1. The van der Waals surface area contributed by atoms with Crippen LogP contribution in [0.4, 0.5) is 32.6 Å². The van der Waals surface area contributed by atoms with E-state index in [-0.39, 0.29) is 36.9 Å². The Morgan fingerprint density at radius 3 is 1.83 bits per heavy atom. The number of halogens is 4. The van der Waals surface area contributed by atoms with E-state index >= 15 is 0 Å². The number of nitrogens with two attached hydrogens (primary N) is 2. The van der Waals surface area contributed by atoms with Gasteiger partial charge in [0.1, 0.15) is 27.7 Å². The second kappa shape index (κ2) is 33.9. The molecule has 0 bridgehead atoms. The Morgan fingerprint density at radius 2 is 1.34 bits per heavy atom. The third-order valence-corrected chi connectivity index (χ3v) is 13.9. The number of hydrogen-bond acceptors (Lipinski definition) is 20. The van der Waals surface area contributed by atoms with Crippen molar-refractivity contribution < 1.29 is 38.5 Å². The number of aryl methyl sites for hydroxylation is 1. The van der Waals surface area contributed by atoms with Crippen molar-refractivity contribution in [1.29, 1.82) is 10.8 Å².